The lowest BCUT2D eigenvalue weighted by molar-refractivity contribution is -0.143. The molecule has 2 nitrogen and oxygen atoms in total. The van der Waals surface area contributed by atoms with E-state index in [-0.39, 0.29) is 5.92 Å². The normalized spacial score (nSPS) is 43.0. The van der Waals surface area contributed by atoms with Crippen LogP contribution in [0, 0.1) is 29.6 Å². The molecule has 2 saturated carbocycles. The van der Waals surface area contributed by atoms with Crippen LogP contribution in [0.25, 0.3) is 0 Å². The number of rotatable bonds is 2. The molecule has 4 unspecified atom stereocenters. The summed E-state index contributed by atoms with van der Waals surface area (Å²) in [5.41, 5.74) is 0. The SMILES string of the molecule is CC(C)C1C2CCC1C(C(=O)O)C2. The zero-order valence-electron chi connectivity index (χ0n) is 8.36. The number of carboxylic acid groups (broad SMARTS) is 1. The van der Waals surface area contributed by atoms with Crippen molar-refractivity contribution in [3.63, 3.8) is 0 Å². The average molecular weight is 182 g/mol. The van der Waals surface area contributed by atoms with Crippen LogP contribution in [0.3, 0.4) is 0 Å². The van der Waals surface area contributed by atoms with Gasteiger partial charge in [0.05, 0.1) is 5.92 Å². The summed E-state index contributed by atoms with van der Waals surface area (Å²) in [6, 6.07) is 0. The third-order valence-corrected chi connectivity index (χ3v) is 4.07. The van der Waals surface area contributed by atoms with Gasteiger partial charge in [-0.1, -0.05) is 13.8 Å². The van der Waals surface area contributed by atoms with E-state index in [2.05, 4.69) is 13.8 Å². The van der Waals surface area contributed by atoms with Crippen molar-refractivity contribution in [3.8, 4) is 0 Å². The van der Waals surface area contributed by atoms with Gasteiger partial charge in [0.2, 0.25) is 0 Å². The molecule has 2 aliphatic rings. The van der Waals surface area contributed by atoms with Crippen molar-refractivity contribution in [2.75, 3.05) is 0 Å². The van der Waals surface area contributed by atoms with Gasteiger partial charge in [-0.3, -0.25) is 4.79 Å². The number of hydrogen-bond acceptors (Lipinski definition) is 1. The van der Waals surface area contributed by atoms with Crippen LogP contribution in [-0.4, -0.2) is 11.1 Å². The largest absolute Gasteiger partial charge is 0.481 e. The Bertz CT molecular complexity index is 222. The standard InChI is InChI=1S/C11H18O2/c1-6(2)10-7-3-4-8(10)9(5-7)11(12)13/h6-10H,3-5H2,1-2H3,(H,12,13). The Balaban J connectivity index is 2.15. The second-order valence-corrected chi connectivity index (χ2v) is 5.00. The first-order chi connectivity index (χ1) is 6.11. The van der Waals surface area contributed by atoms with Crippen LogP contribution < -0.4 is 0 Å². The maximum absolute atomic E-state index is 11.0. The summed E-state index contributed by atoms with van der Waals surface area (Å²) in [7, 11) is 0. The first-order valence-corrected chi connectivity index (χ1v) is 5.34. The lowest BCUT2D eigenvalue weighted by Crippen LogP contribution is -2.22. The zero-order valence-corrected chi connectivity index (χ0v) is 8.36. The first-order valence-electron chi connectivity index (χ1n) is 5.34. The molecule has 0 aliphatic heterocycles. The highest BCUT2D eigenvalue weighted by Gasteiger charge is 2.51. The number of hydrogen-bond donors (Lipinski definition) is 1. The molecule has 2 heteroatoms. The van der Waals surface area contributed by atoms with Gasteiger partial charge in [-0.05, 0) is 42.9 Å². The second kappa shape index (κ2) is 3.00. The number of fused-ring (bicyclic) bond motifs is 2. The Morgan fingerprint density at radius 1 is 1.38 bits per heavy atom. The molecule has 2 rings (SSSR count). The molecule has 0 saturated heterocycles. The molecule has 0 spiro atoms. The van der Waals surface area contributed by atoms with E-state index in [1.54, 1.807) is 0 Å². The summed E-state index contributed by atoms with van der Waals surface area (Å²) in [5, 5.41) is 9.03. The molecule has 0 amide bonds. The third-order valence-electron chi connectivity index (χ3n) is 4.07. The van der Waals surface area contributed by atoms with Gasteiger partial charge < -0.3 is 5.11 Å². The lowest BCUT2D eigenvalue weighted by Gasteiger charge is -2.21. The van der Waals surface area contributed by atoms with Crippen LogP contribution in [0.4, 0.5) is 0 Å². The van der Waals surface area contributed by atoms with Crippen molar-refractivity contribution >= 4 is 5.97 Å². The number of carbonyl (C=O) groups is 1. The summed E-state index contributed by atoms with van der Waals surface area (Å²) in [5.74, 6) is 1.99. The van der Waals surface area contributed by atoms with Gasteiger partial charge in [-0.25, -0.2) is 0 Å². The van der Waals surface area contributed by atoms with Crippen molar-refractivity contribution in [1.82, 2.24) is 0 Å². The van der Waals surface area contributed by atoms with Gasteiger partial charge in [-0.15, -0.1) is 0 Å². The first kappa shape index (κ1) is 9.04. The molecule has 13 heavy (non-hydrogen) atoms. The van der Waals surface area contributed by atoms with E-state index >= 15 is 0 Å². The predicted molar refractivity (Wildman–Crippen MR) is 50.3 cm³/mol. The molecule has 0 aromatic heterocycles. The highest BCUT2D eigenvalue weighted by molar-refractivity contribution is 5.71. The van der Waals surface area contributed by atoms with Crippen molar-refractivity contribution in [3.05, 3.63) is 0 Å². The minimum Gasteiger partial charge on any atom is -0.481 e. The van der Waals surface area contributed by atoms with E-state index in [0.717, 1.165) is 12.8 Å². The Morgan fingerprint density at radius 2 is 2.08 bits per heavy atom. The maximum atomic E-state index is 11.0. The van der Waals surface area contributed by atoms with E-state index in [1.807, 2.05) is 0 Å². The van der Waals surface area contributed by atoms with E-state index in [9.17, 15) is 4.79 Å². The van der Waals surface area contributed by atoms with Crippen molar-refractivity contribution in [1.29, 1.82) is 0 Å². The molecular weight excluding hydrogens is 164 g/mol. The molecule has 0 heterocycles. The fraction of sp³-hybridized carbons (Fsp3) is 0.909. The maximum Gasteiger partial charge on any atom is 0.306 e. The fourth-order valence-electron chi connectivity index (χ4n) is 3.71. The monoisotopic (exact) mass is 182 g/mol. The smallest absolute Gasteiger partial charge is 0.306 e. The van der Waals surface area contributed by atoms with Gasteiger partial charge in [0.15, 0.2) is 0 Å². The predicted octanol–water partition coefficient (Wildman–Crippen LogP) is 2.39. The average Bonchev–Trinajstić information content (AvgIpc) is 2.58. The number of aliphatic carboxylic acids is 1. The molecular formula is C11H18O2. The van der Waals surface area contributed by atoms with E-state index in [4.69, 9.17) is 5.11 Å². The van der Waals surface area contributed by atoms with E-state index in [0.29, 0.717) is 23.7 Å². The van der Waals surface area contributed by atoms with Gasteiger partial charge >= 0.3 is 5.97 Å². The highest BCUT2D eigenvalue weighted by Crippen LogP contribution is 2.55. The Morgan fingerprint density at radius 3 is 2.46 bits per heavy atom. The van der Waals surface area contributed by atoms with Gasteiger partial charge in [0, 0.05) is 0 Å². The van der Waals surface area contributed by atoms with Gasteiger partial charge in [0.25, 0.3) is 0 Å². The summed E-state index contributed by atoms with van der Waals surface area (Å²) in [4.78, 5) is 11.0. The highest BCUT2D eigenvalue weighted by atomic mass is 16.4. The van der Waals surface area contributed by atoms with Crippen molar-refractivity contribution < 1.29 is 9.90 Å². The summed E-state index contributed by atoms with van der Waals surface area (Å²) in [6.07, 6.45) is 3.38. The van der Waals surface area contributed by atoms with Crippen LogP contribution in [0.5, 0.6) is 0 Å². The Kier molecular flexibility index (Phi) is 2.09. The molecule has 0 aromatic carbocycles. The minimum atomic E-state index is -0.558. The van der Waals surface area contributed by atoms with Gasteiger partial charge in [-0.2, -0.15) is 0 Å². The van der Waals surface area contributed by atoms with E-state index < -0.39 is 5.97 Å². The van der Waals surface area contributed by atoms with Crippen LogP contribution in [0.2, 0.25) is 0 Å². The molecule has 74 valence electrons. The van der Waals surface area contributed by atoms with Crippen molar-refractivity contribution in [2.24, 2.45) is 29.6 Å². The molecule has 2 bridgehead atoms. The minimum absolute atomic E-state index is 0.0221. The quantitative estimate of drug-likeness (QED) is 0.712. The second-order valence-electron chi connectivity index (χ2n) is 5.00. The van der Waals surface area contributed by atoms with Crippen LogP contribution >= 0.6 is 0 Å². The van der Waals surface area contributed by atoms with Crippen LogP contribution in [0.15, 0.2) is 0 Å². The Hall–Kier alpha value is -0.530. The van der Waals surface area contributed by atoms with Crippen molar-refractivity contribution in [2.45, 2.75) is 33.1 Å². The fourth-order valence-corrected chi connectivity index (χ4v) is 3.71. The molecule has 2 fully saturated rings. The summed E-state index contributed by atoms with van der Waals surface area (Å²) < 4.78 is 0. The van der Waals surface area contributed by atoms with Crippen LogP contribution in [-0.2, 0) is 4.79 Å². The lowest BCUT2D eigenvalue weighted by atomic mass is 9.84. The summed E-state index contributed by atoms with van der Waals surface area (Å²) in [6.45, 7) is 4.47. The molecule has 4 atom stereocenters. The third kappa shape index (κ3) is 1.27. The molecule has 0 radical (unpaired) electrons. The molecule has 1 N–H and O–H groups in total. The zero-order chi connectivity index (χ0) is 9.59. The number of carboxylic acids is 1. The van der Waals surface area contributed by atoms with E-state index in [1.165, 1.54) is 6.42 Å². The van der Waals surface area contributed by atoms with Gasteiger partial charge in [0.1, 0.15) is 0 Å². The summed E-state index contributed by atoms with van der Waals surface area (Å²) >= 11 is 0. The van der Waals surface area contributed by atoms with Crippen LogP contribution in [0.1, 0.15) is 33.1 Å². The topological polar surface area (TPSA) is 37.3 Å². The molecule has 2 aliphatic carbocycles. The Labute approximate surface area is 79.3 Å². The molecule has 0 aromatic rings.